The van der Waals surface area contributed by atoms with Crippen molar-refractivity contribution in [1.82, 2.24) is 0 Å². The summed E-state index contributed by atoms with van der Waals surface area (Å²) >= 11 is 0. The van der Waals surface area contributed by atoms with Crippen molar-refractivity contribution in [3.8, 4) is 17.2 Å². The molecule has 5 heteroatoms. The minimum atomic E-state index is -0.466. The van der Waals surface area contributed by atoms with Crippen LogP contribution in [-0.2, 0) is 4.74 Å². The summed E-state index contributed by atoms with van der Waals surface area (Å²) in [5.41, 5.74) is 0.339. The van der Waals surface area contributed by atoms with Gasteiger partial charge in [-0.1, -0.05) is 6.08 Å². The van der Waals surface area contributed by atoms with E-state index in [-0.39, 0.29) is 6.10 Å². The fraction of sp³-hybridized carbons (Fsp3) is 0.400. The fourth-order valence-corrected chi connectivity index (χ4v) is 1.75. The third kappa shape index (κ3) is 3.66. The van der Waals surface area contributed by atoms with E-state index in [1.165, 1.54) is 21.3 Å². The largest absolute Gasteiger partial charge is 0.493 e. The molecule has 1 rings (SSSR count). The lowest BCUT2D eigenvalue weighted by Crippen LogP contribution is -2.12. The van der Waals surface area contributed by atoms with Crippen LogP contribution in [0.1, 0.15) is 23.7 Å². The van der Waals surface area contributed by atoms with E-state index in [9.17, 15) is 4.79 Å². The molecular weight excluding hydrogens is 260 g/mol. The van der Waals surface area contributed by atoms with Crippen molar-refractivity contribution in [2.75, 3.05) is 21.3 Å². The molecule has 0 saturated heterocycles. The van der Waals surface area contributed by atoms with Gasteiger partial charge in [0.2, 0.25) is 5.75 Å². The maximum absolute atomic E-state index is 11.7. The van der Waals surface area contributed by atoms with Crippen molar-refractivity contribution in [1.29, 1.82) is 0 Å². The first kappa shape index (κ1) is 15.9. The van der Waals surface area contributed by atoms with Crippen LogP contribution in [0.3, 0.4) is 0 Å². The topological polar surface area (TPSA) is 54.0 Å². The minimum absolute atomic E-state index is 0.0981. The average Bonchev–Trinajstić information content (AvgIpc) is 2.45. The molecule has 0 radical (unpaired) electrons. The monoisotopic (exact) mass is 280 g/mol. The predicted molar refractivity (Wildman–Crippen MR) is 75.8 cm³/mol. The highest BCUT2D eigenvalue weighted by Crippen LogP contribution is 2.39. The van der Waals surface area contributed by atoms with Crippen LogP contribution in [0.5, 0.6) is 17.2 Å². The van der Waals surface area contributed by atoms with Crippen LogP contribution in [0.15, 0.2) is 24.8 Å². The van der Waals surface area contributed by atoms with E-state index in [0.717, 1.165) is 0 Å². The number of benzene rings is 1. The number of hydrogen-bond donors (Lipinski definition) is 0. The Morgan fingerprint density at radius 3 is 2.40 bits per heavy atom. The molecular formula is C15H20O5. The first-order chi connectivity index (χ1) is 9.57. The Hall–Kier alpha value is -2.17. The van der Waals surface area contributed by atoms with Gasteiger partial charge in [0.25, 0.3) is 0 Å². The first-order valence-corrected chi connectivity index (χ1v) is 6.19. The molecule has 0 aliphatic heterocycles. The number of carbonyl (C=O) groups excluding carboxylic acids is 1. The van der Waals surface area contributed by atoms with Crippen molar-refractivity contribution < 1.29 is 23.7 Å². The maximum Gasteiger partial charge on any atom is 0.338 e. The molecule has 0 unspecified atom stereocenters. The van der Waals surface area contributed by atoms with Crippen LogP contribution >= 0.6 is 0 Å². The molecule has 20 heavy (non-hydrogen) atoms. The number of esters is 1. The van der Waals surface area contributed by atoms with Gasteiger partial charge >= 0.3 is 5.97 Å². The molecule has 5 nitrogen and oxygen atoms in total. The number of rotatable bonds is 7. The Balaban J connectivity index is 3.23. The van der Waals surface area contributed by atoms with E-state index in [1.807, 2.05) is 6.92 Å². The number of ether oxygens (including phenoxy) is 4. The Morgan fingerprint density at radius 1 is 1.25 bits per heavy atom. The van der Waals surface area contributed by atoms with E-state index in [1.54, 1.807) is 18.2 Å². The minimum Gasteiger partial charge on any atom is -0.493 e. The molecule has 110 valence electrons. The second kappa shape index (κ2) is 7.43. The zero-order chi connectivity index (χ0) is 15.1. The highest BCUT2D eigenvalue weighted by molar-refractivity contribution is 5.91. The van der Waals surface area contributed by atoms with Gasteiger partial charge in [-0.3, -0.25) is 0 Å². The molecule has 0 heterocycles. The standard InChI is InChI=1S/C15H20O5/c1-6-7-10(2)20-13-9-11(15(16)19-5)8-12(17-3)14(13)18-4/h6,8-10H,1,7H2,2-5H3/t10-/m0/s1. The van der Waals surface area contributed by atoms with E-state index < -0.39 is 5.97 Å². The zero-order valence-corrected chi connectivity index (χ0v) is 12.3. The second-order valence-corrected chi connectivity index (χ2v) is 4.15. The lowest BCUT2D eigenvalue weighted by molar-refractivity contribution is 0.0599. The third-order valence-electron chi connectivity index (χ3n) is 2.69. The van der Waals surface area contributed by atoms with E-state index >= 15 is 0 Å². The maximum atomic E-state index is 11.7. The number of carbonyl (C=O) groups is 1. The zero-order valence-electron chi connectivity index (χ0n) is 12.3. The Morgan fingerprint density at radius 2 is 1.90 bits per heavy atom. The van der Waals surface area contributed by atoms with Crippen molar-refractivity contribution in [3.63, 3.8) is 0 Å². The van der Waals surface area contributed by atoms with Gasteiger partial charge in [-0.2, -0.15) is 0 Å². The molecule has 1 atom stereocenters. The highest BCUT2D eigenvalue weighted by Gasteiger charge is 2.19. The molecule has 0 aliphatic carbocycles. The molecule has 0 aliphatic rings. The summed E-state index contributed by atoms with van der Waals surface area (Å²) < 4.78 is 21.0. The normalized spacial score (nSPS) is 11.4. The third-order valence-corrected chi connectivity index (χ3v) is 2.69. The lowest BCUT2D eigenvalue weighted by Gasteiger charge is -2.18. The highest BCUT2D eigenvalue weighted by atomic mass is 16.5. The van der Waals surface area contributed by atoms with Gasteiger partial charge in [-0.05, 0) is 19.1 Å². The van der Waals surface area contributed by atoms with Gasteiger partial charge in [0.15, 0.2) is 11.5 Å². The van der Waals surface area contributed by atoms with Crippen LogP contribution in [0.2, 0.25) is 0 Å². The first-order valence-electron chi connectivity index (χ1n) is 6.19. The van der Waals surface area contributed by atoms with Crippen LogP contribution in [0, 0.1) is 0 Å². The van der Waals surface area contributed by atoms with Gasteiger partial charge in [0.1, 0.15) is 0 Å². The molecule has 0 saturated carbocycles. The van der Waals surface area contributed by atoms with E-state index in [2.05, 4.69) is 6.58 Å². The van der Waals surface area contributed by atoms with Crippen LogP contribution in [-0.4, -0.2) is 33.4 Å². The summed E-state index contributed by atoms with van der Waals surface area (Å²) in [6.45, 7) is 5.57. The molecule has 0 aromatic heterocycles. The SMILES string of the molecule is C=CC[C@H](C)Oc1cc(C(=O)OC)cc(OC)c1OC. The van der Waals surface area contributed by atoms with Crippen molar-refractivity contribution >= 4 is 5.97 Å². The summed E-state index contributed by atoms with van der Waals surface area (Å²) in [6, 6.07) is 3.13. The second-order valence-electron chi connectivity index (χ2n) is 4.15. The molecule has 0 amide bonds. The summed E-state index contributed by atoms with van der Waals surface area (Å²) in [6.07, 6.45) is 2.34. The molecule has 0 bridgehead atoms. The average molecular weight is 280 g/mol. The molecule has 0 N–H and O–H groups in total. The predicted octanol–water partition coefficient (Wildman–Crippen LogP) is 2.83. The van der Waals surface area contributed by atoms with E-state index in [4.69, 9.17) is 18.9 Å². The Bertz CT molecular complexity index is 481. The van der Waals surface area contributed by atoms with Gasteiger partial charge < -0.3 is 18.9 Å². The van der Waals surface area contributed by atoms with Gasteiger partial charge in [-0.25, -0.2) is 4.79 Å². The quantitative estimate of drug-likeness (QED) is 0.568. The van der Waals surface area contributed by atoms with Gasteiger partial charge in [0.05, 0.1) is 33.0 Å². The Labute approximate surface area is 119 Å². The van der Waals surface area contributed by atoms with Crippen LogP contribution in [0.25, 0.3) is 0 Å². The summed E-state index contributed by atoms with van der Waals surface area (Å²) in [7, 11) is 4.33. The van der Waals surface area contributed by atoms with Crippen molar-refractivity contribution in [3.05, 3.63) is 30.4 Å². The van der Waals surface area contributed by atoms with Crippen LogP contribution < -0.4 is 14.2 Å². The lowest BCUT2D eigenvalue weighted by atomic mass is 10.1. The van der Waals surface area contributed by atoms with Gasteiger partial charge in [-0.15, -0.1) is 6.58 Å². The molecule has 1 aromatic carbocycles. The van der Waals surface area contributed by atoms with E-state index in [0.29, 0.717) is 29.2 Å². The van der Waals surface area contributed by atoms with Gasteiger partial charge in [0, 0.05) is 6.42 Å². The molecule has 1 aromatic rings. The summed E-state index contributed by atoms with van der Waals surface area (Å²) in [4.78, 5) is 11.7. The number of hydrogen-bond acceptors (Lipinski definition) is 5. The molecule has 0 fully saturated rings. The molecule has 0 spiro atoms. The summed E-state index contributed by atoms with van der Waals surface area (Å²) in [5.74, 6) is 0.820. The summed E-state index contributed by atoms with van der Waals surface area (Å²) in [5, 5.41) is 0. The number of methoxy groups -OCH3 is 3. The smallest absolute Gasteiger partial charge is 0.338 e. The van der Waals surface area contributed by atoms with Crippen LogP contribution in [0.4, 0.5) is 0 Å². The van der Waals surface area contributed by atoms with Crippen molar-refractivity contribution in [2.24, 2.45) is 0 Å². The Kier molecular flexibility index (Phi) is 5.90. The fourth-order valence-electron chi connectivity index (χ4n) is 1.75. The van der Waals surface area contributed by atoms with Crippen molar-refractivity contribution in [2.45, 2.75) is 19.4 Å².